The zero-order valence-electron chi connectivity index (χ0n) is 18.6. The van der Waals surface area contributed by atoms with Crippen molar-refractivity contribution in [2.24, 2.45) is 5.10 Å². The average molecular weight is 512 g/mol. The van der Waals surface area contributed by atoms with Gasteiger partial charge in [-0.1, -0.05) is 35.3 Å². The van der Waals surface area contributed by atoms with Gasteiger partial charge in [0.05, 0.1) is 40.6 Å². The lowest BCUT2D eigenvalue weighted by atomic mass is 10.1. The van der Waals surface area contributed by atoms with Gasteiger partial charge in [0, 0.05) is 5.56 Å². The van der Waals surface area contributed by atoms with Gasteiger partial charge in [0.2, 0.25) is 0 Å². The normalized spacial score (nSPS) is 10.6. The number of carbonyl (C=O) groups is 1. The lowest BCUT2D eigenvalue weighted by Crippen LogP contribution is -2.19. The lowest BCUT2D eigenvalue weighted by Gasteiger charge is -2.16. The fourth-order valence-electron chi connectivity index (χ4n) is 3.16. The van der Waals surface area contributed by atoms with Gasteiger partial charge in [-0.3, -0.25) is 4.79 Å². The third-order valence-corrected chi connectivity index (χ3v) is 5.57. The zero-order valence-corrected chi connectivity index (χ0v) is 20.2. The van der Waals surface area contributed by atoms with Crippen LogP contribution in [-0.2, 0) is 13.0 Å². The summed E-state index contributed by atoms with van der Waals surface area (Å²) in [5.74, 6) is -0.576. The molecule has 0 aliphatic heterocycles. The number of halogens is 3. The summed E-state index contributed by atoms with van der Waals surface area (Å²) in [7, 11) is 1.51. The van der Waals surface area contributed by atoms with Crippen molar-refractivity contribution in [3.8, 4) is 17.6 Å². The summed E-state index contributed by atoms with van der Waals surface area (Å²) in [5.41, 5.74) is 4.39. The Kier molecular flexibility index (Phi) is 8.85. The Balaban J connectivity index is 1.79. The summed E-state index contributed by atoms with van der Waals surface area (Å²) < 4.78 is 25.6. The van der Waals surface area contributed by atoms with E-state index in [1.165, 1.54) is 25.5 Å². The molecule has 0 spiro atoms. The van der Waals surface area contributed by atoms with E-state index in [-0.39, 0.29) is 17.7 Å². The molecular weight excluding hydrogens is 492 g/mol. The van der Waals surface area contributed by atoms with E-state index < -0.39 is 11.7 Å². The summed E-state index contributed by atoms with van der Waals surface area (Å²) in [6.07, 6.45) is 3.60. The van der Waals surface area contributed by atoms with Gasteiger partial charge in [0.15, 0.2) is 11.5 Å². The van der Waals surface area contributed by atoms with Gasteiger partial charge >= 0.3 is 0 Å². The van der Waals surface area contributed by atoms with E-state index in [4.69, 9.17) is 37.9 Å². The van der Waals surface area contributed by atoms with Gasteiger partial charge in [0.25, 0.3) is 5.91 Å². The number of nitriles is 1. The second-order valence-corrected chi connectivity index (χ2v) is 8.06. The highest BCUT2D eigenvalue weighted by Gasteiger charge is 2.14. The molecule has 3 aromatic carbocycles. The molecule has 0 saturated heterocycles. The van der Waals surface area contributed by atoms with Crippen LogP contribution in [-0.4, -0.2) is 19.2 Å². The fourth-order valence-corrected chi connectivity index (χ4v) is 3.48. The molecule has 0 atom stereocenters. The molecule has 0 fully saturated rings. The third-order valence-electron chi connectivity index (χ3n) is 4.83. The van der Waals surface area contributed by atoms with Gasteiger partial charge in [-0.25, -0.2) is 9.82 Å². The highest BCUT2D eigenvalue weighted by atomic mass is 35.5. The number of hydrazone groups is 1. The van der Waals surface area contributed by atoms with Crippen LogP contribution in [0.15, 0.2) is 66.3 Å². The third kappa shape index (κ3) is 6.60. The quantitative estimate of drug-likeness (QED) is 0.214. The molecule has 0 bridgehead atoms. The smallest absolute Gasteiger partial charge is 0.274 e. The van der Waals surface area contributed by atoms with Crippen molar-refractivity contribution in [3.63, 3.8) is 0 Å². The second kappa shape index (κ2) is 12.0. The molecule has 0 unspecified atom stereocenters. The Morgan fingerprint density at radius 3 is 2.66 bits per heavy atom. The number of hydrogen-bond acceptors (Lipinski definition) is 5. The molecule has 0 saturated carbocycles. The van der Waals surface area contributed by atoms with E-state index >= 15 is 0 Å². The molecule has 1 amide bonds. The molecule has 0 aliphatic carbocycles. The number of benzene rings is 3. The minimum Gasteiger partial charge on any atom is -0.493 e. The van der Waals surface area contributed by atoms with Crippen molar-refractivity contribution in [2.75, 3.05) is 7.11 Å². The van der Waals surface area contributed by atoms with Crippen molar-refractivity contribution in [1.82, 2.24) is 5.43 Å². The van der Waals surface area contributed by atoms with E-state index in [0.29, 0.717) is 33.5 Å². The van der Waals surface area contributed by atoms with Crippen molar-refractivity contribution >= 4 is 35.3 Å². The summed E-state index contributed by atoms with van der Waals surface area (Å²) in [6.45, 7) is 4.02. The maximum Gasteiger partial charge on any atom is 0.274 e. The second-order valence-electron chi connectivity index (χ2n) is 7.25. The van der Waals surface area contributed by atoms with Crippen molar-refractivity contribution < 1.29 is 18.7 Å². The molecule has 3 rings (SSSR count). The number of amides is 1. The Labute approximate surface area is 212 Å². The molecule has 3 aromatic rings. The molecular formula is C26H20Cl2FN3O3. The van der Waals surface area contributed by atoms with Gasteiger partial charge in [-0.15, -0.1) is 6.58 Å². The number of allylic oxidation sites excluding steroid dienone is 1. The Morgan fingerprint density at radius 2 is 2.00 bits per heavy atom. The predicted octanol–water partition coefficient (Wildman–Crippen LogP) is 6.08. The molecule has 0 heterocycles. The molecule has 35 heavy (non-hydrogen) atoms. The number of ether oxygens (including phenoxy) is 2. The average Bonchev–Trinajstić information content (AvgIpc) is 2.85. The topological polar surface area (TPSA) is 83.7 Å². The summed E-state index contributed by atoms with van der Waals surface area (Å²) >= 11 is 12.1. The first-order valence-electron chi connectivity index (χ1n) is 10.3. The van der Waals surface area contributed by atoms with Crippen LogP contribution in [0, 0.1) is 17.1 Å². The van der Waals surface area contributed by atoms with E-state index in [0.717, 1.165) is 17.2 Å². The van der Waals surface area contributed by atoms with E-state index in [9.17, 15) is 9.18 Å². The number of nitrogens with zero attached hydrogens (tertiary/aromatic N) is 2. The maximum atomic E-state index is 14.0. The van der Waals surface area contributed by atoms with Crippen LogP contribution < -0.4 is 14.9 Å². The standard InChI is InChI=1S/C26H20Cl2FN3O3/c1-3-4-19-9-18(14-31-32-26(33)20-7-5-16(13-30)11-23(20)29)12-24(34-2)25(19)35-15-17-6-8-21(27)22(28)10-17/h3,5-12,14H,1,4,15H2,2H3,(H,32,33)/b31-14-. The molecule has 0 aliphatic rings. The number of hydrogen-bond donors (Lipinski definition) is 1. The van der Waals surface area contributed by atoms with Crippen LogP contribution >= 0.6 is 23.2 Å². The monoisotopic (exact) mass is 511 g/mol. The van der Waals surface area contributed by atoms with Gasteiger partial charge in [-0.2, -0.15) is 10.4 Å². The van der Waals surface area contributed by atoms with Gasteiger partial charge in [0.1, 0.15) is 12.4 Å². The molecule has 9 heteroatoms. The Bertz CT molecular complexity index is 1340. The number of carbonyl (C=O) groups excluding carboxylic acids is 1. The molecule has 178 valence electrons. The zero-order chi connectivity index (χ0) is 25.4. The summed E-state index contributed by atoms with van der Waals surface area (Å²) in [4.78, 5) is 12.2. The first-order valence-corrected chi connectivity index (χ1v) is 11.0. The molecule has 0 aromatic heterocycles. The lowest BCUT2D eigenvalue weighted by molar-refractivity contribution is 0.0951. The van der Waals surface area contributed by atoms with Gasteiger partial charge < -0.3 is 9.47 Å². The van der Waals surface area contributed by atoms with E-state index in [2.05, 4.69) is 17.1 Å². The Morgan fingerprint density at radius 1 is 1.20 bits per heavy atom. The van der Waals surface area contributed by atoms with Crippen molar-refractivity contribution in [1.29, 1.82) is 5.26 Å². The number of rotatable bonds is 9. The van der Waals surface area contributed by atoms with E-state index in [1.54, 1.807) is 24.3 Å². The van der Waals surface area contributed by atoms with Gasteiger partial charge in [-0.05, 0) is 60.0 Å². The minimum atomic E-state index is -0.810. The first kappa shape index (κ1) is 25.8. The summed E-state index contributed by atoms with van der Waals surface area (Å²) in [5, 5.41) is 13.6. The molecule has 1 N–H and O–H groups in total. The van der Waals surface area contributed by atoms with Crippen LogP contribution in [0.4, 0.5) is 4.39 Å². The van der Waals surface area contributed by atoms with Crippen LogP contribution in [0.25, 0.3) is 0 Å². The largest absolute Gasteiger partial charge is 0.493 e. The SMILES string of the molecule is C=CCc1cc(/C=N\NC(=O)c2ccc(C#N)cc2F)cc(OC)c1OCc1ccc(Cl)c(Cl)c1. The number of nitrogens with one attached hydrogen (secondary N) is 1. The molecule has 6 nitrogen and oxygen atoms in total. The fraction of sp³-hybridized carbons (Fsp3) is 0.115. The highest BCUT2D eigenvalue weighted by molar-refractivity contribution is 6.42. The highest BCUT2D eigenvalue weighted by Crippen LogP contribution is 2.34. The van der Waals surface area contributed by atoms with Crippen LogP contribution in [0.5, 0.6) is 11.5 Å². The van der Waals surface area contributed by atoms with Crippen LogP contribution in [0.3, 0.4) is 0 Å². The van der Waals surface area contributed by atoms with Crippen molar-refractivity contribution in [2.45, 2.75) is 13.0 Å². The van der Waals surface area contributed by atoms with Crippen LogP contribution in [0.1, 0.15) is 32.6 Å². The number of methoxy groups -OCH3 is 1. The Hall–Kier alpha value is -3.86. The van der Waals surface area contributed by atoms with Crippen LogP contribution in [0.2, 0.25) is 10.0 Å². The van der Waals surface area contributed by atoms with E-state index in [1.807, 2.05) is 18.2 Å². The summed E-state index contributed by atoms with van der Waals surface area (Å²) in [6, 6.07) is 14.1. The predicted molar refractivity (Wildman–Crippen MR) is 134 cm³/mol. The maximum absolute atomic E-state index is 14.0. The minimum absolute atomic E-state index is 0.117. The first-order chi connectivity index (χ1) is 16.9. The van der Waals surface area contributed by atoms with Crippen molar-refractivity contribution in [3.05, 3.63) is 105 Å². The molecule has 0 radical (unpaired) electrons.